The number of anilines is 1. The number of carbonyl (C=O) groups excluding carboxylic acids is 1. The third-order valence-corrected chi connectivity index (χ3v) is 3.83. The smallest absolute Gasteiger partial charge is 0.276 e. The van der Waals surface area contributed by atoms with E-state index >= 15 is 0 Å². The minimum absolute atomic E-state index is 0.186. The summed E-state index contributed by atoms with van der Waals surface area (Å²) in [5, 5.41) is 16.6. The molecule has 2 aromatic heterocycles. The number of aryl methyl sites for hydroxylation is 1. The van der Waals surface area contributed by atoms with Crippen LogP contribution in [-0.2, 0) is 12.8 Å². The predicted octanol–water partition coefficient (Wildman–Crippen LogP) is 1.94. The van der Waals surface area contributed by atoms with E-state index in [1.807, 2.05) is 24.3 Å². The lowest BCUT2D eigenvalue weighted by atomic mass is 10.1. The standard InChI is InChI=1S/C15H14N6O/c22-15(13-11-5-2-6-12(11)19-20-13)18-10-4-1-3-9(7-10)14-16-8-17-21-14/h1,3-4,7-8H,2,5-6H2,(H,18,22)(H,19,20)(H,16,17,21). The molecule has 2 heterocycles. The second-order valence-electron chi connectivity index (χ2n) is 5.25. The maximum atomic E-state index is 12.4. The Kier molecular flexibility index (Phi) is 2.96. The lowest BCUT2D eigenvalue weighted by Gasteiger charge is -2.05. The molecule has 0 unspecified atom stereocenters. The van der Waals surface area contributed by atoms with Crippen LogP contribution in [0.15, 0.2) is 30.6 Å². The highest BCUT2D eigenvalue weighted by molar-refractivity contribution is 6.04. The van der Waals surface area contributed by atoms with Gasteiger partial charge < -0.3 is 5.32 Å². The summed E-state index contributed by atoms with van der Waals surface area (Å²) in [4.78, 5) is 16.5. The fourth-order valence-electron chi connectivity index (χ4n) is 2.79. The zero-order valence-corrected chi connectivity index (χ0v) is 11.8. The van der Waals surface area contributed by atoms with Crippen molar-refractivity contribution in [3.8, 4) is 11.4 Å². The van der Waals surface area contributed by atoms with Gasteiger partial charge in [0.05, 0.1) is 0 Å². The number of benzene rings is 1. The fourth-order valence-corrected chi connectivity index (χ4v) is 2.79. The fraction of sp³-hybridized carbons (Fsp3) is 0.200. The number of fused-ring (bicyclic) bond motifs is 1. The van der Waals surface area contributed by atoms with E-state index in [0.717, 1.165) is 36.1 Å². The average molecular weight is 294 g/mol. The molecule has 0 atom stereocenters. The van der Waals surface area contributed by atoms with Crippen LogP contribution in [0.2, 0.25) is 0 Å². The summed E-state index contributed by atoms with van der Waals surface area (Å²) in [6.45, 7) is 0. The average Bonchev–Trinajstić information content (AvgIpc) is 3.25. The van der Waals surface area contributed by atoms with Gasteiger partial charge in [0.2, 0.25) is 0 Å². The second-order valence-corrected chi connectivity index (χ2v) is 5.25. The molecule has 0 bridgehead atoms. The molecule has 3 N–H and O–H groups in total. The van der Waals surface area contributed by atoms with Gasteiger partial charge in [0.1, 0.15) is 6.33 Å². The van der Waals surface area contributed by atoms with Gasteiger partial charge in [-0.05, 0) is 31.4 Å². The van der Waals surface area contributed by atoms with E-state index in [1.165, 1.54) is 6.33 Å². The van der Waals surface area contributed by atoms with Gasteiger partial charge in [0.15, 0.2) is 11.5 Å². The number of carbonyl (C=O) groups is 1. The molecule has 22 heavy (non-hydrogen) atoms. The molecule has 1 aliphatic rings. The molecule has 0 fully saturated rings. The maximum Gasteiger partial charge on any atom is 0.276 e. The first-order valence-electron chi connectivity index (χ1n) is 7.14. The van der Waals surface area contributed by atoms with Gasteiger partial charge >= 0.3 is 0 Å². The van der Waals surface area contributed by atoms with E-state index in [9.17, 15) is 4.79 Å². The highest BCUT2D eigenvalue weighted by Gasteiger charge is 2.23. The van der Waals surface area contributed by atoms with Crippen molar-refractivity contribution in [2.45, 2.75) is 19.3 Å². The zero-order valence-electron chi connectivity index (χ0n) is 11.8. The first-order valence-corrected chi connectivity index (χ1v) is 7.14. The third kappa shape index (κ3) is 2.16. The van der Waals surface area contributed by atoms with Crippen LogP contribution >= 0.6 is 0 Å². The summed E-state index contributed by atoms with van der Waals surface area (Å²) in [5.41, 5.74) is 4.19. The Morgan fingerprint density at radius 2 is 2.18 bits per heavy atom. The molecule has 7 nitrogen and oxygen atoms in total. The van der Waals surface area contributed by atoms with Crippen molar-refractivity contribution < 1.29 is 4.79 Å². The molecule has 4 rings (SSSR count). The molecule has 0 spiro atoms. The molecule has 3 aromatic rings. The summed E-state index contributed by atoms with van der Waals surface area (Å²) >= 11 is 0. The molecule has 1 aromatic carbocycles. The van der Waals surface area contributed by atoms with Gasteiger partial charge in [0.25, 0.3) is 5.91 Å². The van der Waals surface area contributed by atoms with Crippen molar-refractivity contribution in [1.82, 2.24) is 25.4 Å². The second kappa shape index (κ2) is 5.10. The number of rotatable bonds is 3. The van der Waals surface area contributed by atoms with Crippen LogP contribution in [0.4, 0.5) is 5.69 Å². The summed E-state index contributed by atoms with van der Waals surface area (Å²) in [6, 6.07) is 7.46. The zero-order chi connectivity index (χ0) is 14.9. The minimum Gasteiger partial charge on any atom is -0.321 e. The number of nitrogens with zero attached hydrogens (tertiary/aromatic N) is 3. The number of H-pyrrole nitrogens is 2. The molecular weight excluding hydrogens is 280 g/mol. The van der Waals surface area contributed by atoms with Crippen LogP contribution in [-0.4, -0.2) is 31.3 Å². The Labute approximate surface area is 126 Å². The molecular formula is C15H14N6O. The molecule has 1 amide bonds. The SMILES string of the molecule is O=C(Nc1cccc(-c2ncn[nH]2)c1)c1n[nH]c2c1CCC2. The van der Waals surface area contributed by atoms with Crippen LogP contribution in [0.25, 0.3) is 11.4 Å². The highest BCUT2D eigenvalue weighted by Crippen LogP contribution is 2.24. The number of aromatic amines is 2. The van der Waals surface area contributed by atoms with Gasteiger partial charge in [-0.2, -0.15) is 10.2 Å². The normalized spacial score (nSPS) is 13.1. The van der Waals surface area contributed by atoms with Crippen LogP contribution < -0.4 is 5.32 Å². The molecule has 0 aliphatic heterocycles. The number of hydrogen-bond acceptors (Lipinski definition) is 4. The topological polar surface area (TPSA) is 99.3 Å². The number of amides is 1. The van der Waals surface area contributed by atoms with Crippen molar-refractivity contribution in [3.63, 3.8) is 0 Å². The number of aromatic nitrogens is 5. The van der Waals surface area contributed by atoms with Crippen molar-refractivity contribution in [2.24, 2.45) is 0 Å². The quantitative estimate of drug-likeness (QED) is 0.687. The molecule has 1 aliphatic carbocycles. The summed E-state index contributed by atoms with van der Waals surface area (Å²) in [7, 11) is 0. The minimum atomic E-state index is -0.186. The summed E-state index contributed by atoms with van der Waals surface area (Å²) in [5.74, 6) is 0.478. The predicted molar refractivity (Wildman–Crippen MR) is 80.4 cm³/mol. The molecule has 0 saturated heterocycles. The van der Waals surface area contributed by atoms with E-state index in [1.54, 1.807) is 0 Å². The van der Waals surface area contributed by atoms with Gasteiger partial charge in [0, 0.05) is 22.5 Å². The van der Waals surface area contributed by atoms with Gasteiger partial charge in [-0.25, -0.2) is 4.98 Å². The van der Waals surface area contributed by atoms with E-state index in [4.69, 9.17) is 0 Å². The Balaban J connectivity index is 1.58. The molecule has 0 radical (unpaired) electrons. The summed E-state index contributed by atoms with van der Waals surface area (Å²) < 4.78 is 0. The van der Waals surface area contributed by atoms with Crippen molar-refractivity contribution in [2.75, 3.05) is 5.32 Å². The van der Waals surface area contributed by atoms with Gasteiger partial charge in [-0.1, -0.05) is 12.1 Å². The van der Waals surface area contributed by atoms with Crippen LogP contribution in [0.1, 0.15) is 28.2 Å². The maximum absolute atomic E-state index is 12.4. The van der Waals surface area contributed by atoms with E-state index in [-0.39, 0.29) is 5.91 Å². The monoisotopic (exact) mass is 294 g/mol. The largest absolute Gasteiger partial charge is 0.321 e. The van der Waals surface area contributed by atoms with Crippen LogP contribution in [0, 0.1) is 0 Å². The van der Waals surface area contributed by atoms with Crippen LogP contribution in [0.5, 0.6) is 0 Å². The molecule has 110 valence electrons. The van der Waals surface area contributed by atoms with Gasteiger partial charge in [-0.15, -0.1) is 0 Å². The lowest BCUT2D eigenvalue weighted by Crippen LogP contribution is -2.14. The summed E-state index contributed by atoms with van der Waals surface area (Å²) in [6.07, 6.45) is 4.40. The first-order chi connectivity index (χ1) is 10.8. The number of hydrogen-bond donors (Lipinski definition) is 3. The number of nitrogens with one attached hydrogen (secondary N) is 3. The van der Waals surface area contributed by atoms with Crippen LogP contribution in [0.3, 0.4) is 0 Å². The first kappa shape index (κ1) is 12.8. The van der Waals surface area contributed by atoms with E-state index in [0.29, 0.717) is 17.2 Å². The molecule has 0 saturated carbocycles. The van der Waals surface area contributed by atoms with Gasteiger partial charge in [-0.3, -0.25) is 15.0 Å². The Morgan fingerprint density at radius 3 is 3.05 bits per heavy atom. The lowest BCUT2D eigenvalue weighted by molar-refractivity contribution is 0.102. The Hall–Kier alpha value is -2.96. The van der Waals surface area contributed by atoms with Crippen molar-refractivity contribution in [1.29, 1.82) is 0 Å². The molecule has 7 heteroatoms. The highest BCUT2D eigenvalue weighted by atomic mass is 16.1. The Bertz CT molecular complexity index is 820. The van der Waals surface area contributed by atoms with E-state index < -0.39 is 0 Å². The Morgan fingerprint density at radius 1 is 1.23 bits per heavy atom. The van der Waals surface area contributed by atoms with Crippen molar-refractivity contribution in [3.05, 3.63) is 47.5 Å². The van der Waals surface area contributed by atoms with Crippen molar-refractivity contribution >= 4 is 11.6 Å². The van der Waals surface area contributed by atoms with E-state index in [2.05, 4.69) is 30.7 Å². The third-order valence-electron chi connectivity index (χ3n) is 3.83.